The molecule has 1 saturated carbocycles. The Balaban J connectivity index is 1.98. The van der Waals surface area contributed by atoms with Crippen molar-refractivity contribution >= 4 is 11.6 Å². The Hall–Kier alpha value is -0.570. The van der Waals surface area contributed by atoms with Crippen LogP contribution in [0.5, 0.6) is 0 Å². The minimum atomic E-state index is 0.247. The molecule has 4 atom stereocenters. The van der Waals surface area contributed by atoms with Crippen LogP contribution in [0.4, 0.5) is 0 Å². The average molecular weight is 296 g/mol. The summed E-state index contributed by atoms with van der Waals surface area (Å²) in [6.45, 7) is 9.69. The fourth-order valence-corrected chi connectivity index (χ4v) is 3.28. The van der Waals surface area contributed by atoms with Crippen molar-refractivity contribution in [3.05, 3.63) is 34.9 Å². The highest BCUT2D eigenvalue weighted by Gasteiger charge is 2.51. The van der Waals surface area contributed by atoms with Crippen LogP contribution in [0.3, 0.4) is 0 Å². The molecule has 0 heterocycles. The highest BCUT2D eigenvalue weighted by atomic mass is 35.5. The molecule has 1 fully saturated rings. The van der Waals surface area contributed by atoms with E-state index in [0.717, 1.165) is 24.5 Å². The van der Waals surface area contributed by atoms with E-state index in [1.807, 2.05) is 12.1 Å². The van der Waals surface area contributed by atoms with E-state index >= 15 is 0 Å². The zero-order chi connectivity index (χ0) is 14.8. The first-order valence-corrected chi connectivity index (χ1v) is 8.02. The van der Waals surface area contributed by atoms with Gasteiger partial charge in [-0.2, -0.15) is 0 Å². The largest absolute Gasteiger partial charge is 0.378 e. The lowest BCUT2D eigenvalue weighted by molar-refractivity contribution is -0.127. The van der Waals surface area contributed by atoms with Crippen molar-refractivity contribution in [1.29, 1.82) is 0 Å². The van der Waals surface area contributed by atoms with Crippen molar-refractivity contribution in [2.24, 2.45) is 5.41 Å². The molecule has 112 valence electrons. The average Bonchev–Trinajstić information content (AvgIpc) is 2.45. The highest BCUT2D eigenvalue weighted by Crippen LogP contribution is 2.46. The summed E-state index contributed by atoms with van der Waals surface area (Å²) in [6, 6.07) is 8.97. The smallest absolute Gasteiger partial charge is 0.0658 e. The van der Waals surface area contributed by atoms with E-state index in [4.69, 9.17) is 16.3 Å². The molecule has 3 heteroatoms. The maximum absolute atomic E-state index is 5.95. The lowest BCUT2D eigenvalue weighted by Gasteiger charge is -2.54. The van der Waals surface area contributed by atoms with Crippen molar-refractivity contribution in [1.82, 2.24) is 5.32 Å². The van der Waals surface area contributed by atoms with Crippen LogP contribution >= 0.6 is 11.6 Å². The predicted molar refractivity (Wildman–Crippen MR) is 85.2 cm³/mol. The van der Waals surface area contributed by atoms with Gasteiger partial charge in [-0.05, 0) is 44.4 Å². The minimum absolute atomic E-state index is 0.247. The summed E-state index contributed by atoms with van der Waals surface area (Å²) in [5.41, 5.74) is 1.53. The van der Waals surface area contributed by atoms with Gasteiger partial charge in [0.25, 0.3) is 0 Å². The first-order valence-electron chi connectivity index (χ1n) is 7.64. The van der Waals surface area contributed by atoms with Gasteiger partial charge in [0.2, 0.25) is 0 Å². The first kappa shape index (κ1) is 15.8. The Morgan fingerprint density at radius 3 is 2.55 bits per heavy atom. The Bertz CT molecular complexity index is 433. The van der Waals surface area contributed by atoms with Gasteiger partial charge >= 0.3 is 0 Å². The zero-order valence-electron chi connectivity index (χ0n) is 12.9. The summed E-state index contributed by atoms with van der Waals surface area (Å²) in [4.78, 5) is 0. The Morgan fingerprint density at radius 2 is 2.00 bits per heavy atom. The third kappa shape index (κ3) is 3.03. The van der Waals surface area contributed by atoms with Gasteiger partial charge in [-0.3, -0.25) is 0 Å². The summed E-state index contributed by atoms with van der Waals surface area (Å²) in [5, 5.41) is 4.55. The lowest BCUT2D eigenvalue weighted by atomic mass is 9.61. The molecule has 2 nitrogen and oxygen atoms in total. The van der Waals surface area contributed by atoms with Crippen LogP contribution in [0.2, 0.25) is 5.02 Å². The van der Waals surface area contributed by atoms with E-state index in [1.165, 1.54) is 5.56 Å². The normalized spacial score (nSPS) is 30.9. The molecule has 1 aromatic rings. The first-order chi connectivity index (χ1) is 9.51. The number of hydrogen-bond donors (Lipinski definition) is 1. The number of benzene rings is 1. The summed E-state index contributed by atoms with van der Waals surface area (Å²) in [6.07, 6.45) is 2.64. The van der Waals surface area contributed by atoms with Crippen LogP contribution in [0.1, 0.15) is 52.1 Å². The molecule has 1 N–H and O–H groups in total. The molecule has 0 amide bonds. The molecule has 2 rings (SSSR count). The quantitative estimate of drug-likeness (QED) is 0.829. The van der Waals surface area contributed by atoms with E-state index in [-0.39, 0.29) is 5.41 Å². The second-order valence-corrected chi connectivity index (χ2v) is 6.47. The summed E-state index contributed by atoms with van der Waals surface area (Å²) in [7, 11) is 0. The molecule has 4 unspecified atom stereocenters. The molecule has 0 aliphatic heterocycles. The number of ether oxygens (including phenoxy) is 1. The topological polar surface area (TPSA) is 21.3 Å². The van der Waals surface area contributed by atoms with Crippen LogP contribution in [-0.4, -0.2) is 18.8 Å². The van der Waals surface area contributed by atoms with Crippen molar-refractivity contribution < 1.29 is 4.74 Å². The molecular weight excluding hydrogens is 270 g/mol. The minimum Gasteiger partial charge on any atom is -0.378 e. The molecule has 0 radical (unpaired) electrons. The van der Waals surface area contributed by atoms with E-state index < -0.39 is 0 Å². The fourth-order valence-electron chi connectivity index (χ4n) is 3.16. The molecule has 0 aromatic heterocycles. The van der Waals surface area contributed by atoms with Gasteiger partial charge in [0, 0.05) is 29.1 Å². The molecule has 1 aromatic carbocycles. The Labute approximate surface area is 127 Å². The van der Waals surface area contributed by atoms with Crippen molar-refractivity contribution in [2.45, 2.75) is 58.7 Å². The van der Waals surface area contributed by atoms with E-state index in [9.17, 15) is 0 Å². The van der Waals surface area contributed by atoms with Gasteiger partial charge in [0.15, 0.2) is 0 Å². The third-order valence-electron chi connectivity index (χ3n) is 4.93. The monoisotopic (exact) mass is 295 g/mol. The third-order valence-corrected chi connectivity index (χ3v) is 5.18. The second-order valence-electron chi connectivity index (χ2n) is 6.03. The van der Waals surface area contributed by atoms with Crippen LogP contribution in [-0.2, 0) is 4.74 Å². The molecule has 0 saturated heterocycles. The Kier molecular flexibility index (Phi) is 5.11. The maximum atomic E-state index is 5.95. The number of rotatable bonds is 6. The fraction of sp³-hybridized carbons (Fsp3) is 0.647. The molecular formula is C17H26ClNO. The second kappa shape index (κ2) is 6.46. The summed E-state index contributed by atoms with van der Waals surface area (Å²) in [5.74, 6) is 0. The van der Waals surface area contributed by atoms with Gasteiger partial charge in [0.1, 0.15) is 0 Å². The summed E-state index contributed by atoms with van der Waals surface area (Å²) >= 11 is 5.95. The predicted octanol–water partition coefficient (Wildman–Crippen LogP) is 4.58. The summed E-state index contributed by atoms with van der Waals surface area (Å²) < 4.78 is 5.86. The van der Waals surface area contributed by atoms with Gasteiger partial charge in [-0.1, -0.05) is 37.6 Å². The lowest BCUT2D eigenvalue weighted by Crippen LogP contribution is -2.62. The van der Waals surface area contributed by atoms with Gasteiger partial charge < -0.3 is 10.1 Å². The van der Waals surface area contributed by atoms with Gasteiger partial charge in [-0.25, -0.2) is 0 Å². The van der Waals surface area contributed by atoms with Gasteiger partial charge in [-0.15, -0.1) is 0 Å². The zero-order valence-corrected chi connectivity index (χ0v) is 13.7. The van der Waals surface area contributed by atoms with Crippen LogP contribution in [0, 0.1) is 5.41 Å². The number of hydrogen-bond acceptors (Lipinski definition) is 2. The van der Waals surface area contributed by atoms with E-state index in [0.29, 0.717) is 18.2 Å². The van der Waals surface area contributed by atoms with Crippen molar-refractivity contribution in [2.75, 3.05) is 6.61 Å². The van der Waals surface area contributed by atoms with E-state index in [1.54, 1.807) is 0 Å². The maximum Gasteiger partial charge on any atom is 0.0658 e. The van der Waals surface area contributed by atoms with Gasteiger partial charge in [0.05, 0.1) is 6.10 Å². The number of nitrogens with one attached hydrogen (secondary N) is 1. The number of halogens is 1. The molecule has 0 spiro atoms. The molecule has 0 bridgehead atoms. The SMILES string of the molecule is CCOC1CC(NC(C)c2ccc(Cl)cc2)C1(C)CC. The van der Waals surface area contributed by atoms with Crippen LogP contribution in [0.15, 0.2) is 24.3 Å². The van der Waals surface area contributed by atoms with Crippen LogP contribution < -0.4 is 5.32 Å². The van der Waals surface area contributed by atoms with Crippen molar-refractivity contribution in [3.8, 4) is 0 Å². The van der Waals surface area contributed by atoms with E-state index in [2.05, 4.69) is 45.1 Å². The van der Waals surface area contributed by atoms with Crippen molar-refractivity contribution in [3.63, 3.8) is 0 Å². The molecule has 1 aliphatic carbocycles. The molecule has 1 aliphatic rings. The van der Waals surface area contributed by atoms with Crippen LogP contribution in [0.25, 0.3) is 0 Å². The standard InChI is InChI=1S/C17H26ClNO/c1-5-17(4)15(11-16(17)20-6-2)19-12(3)13-7-9-14(18)10-8-13/h7-10,12,15-16,19H,5-6,11H2,1-4H3. The molecule has 20 heavy (non-hydrogen) atoms. The highest BCUT2D eigenvalue weighted by molar-refractivity contribution is 6.30. The Morgan fingerprint density at radius 1 is 1.35 bits per heavy atom.